The lowest BCUT2D eigenvalue weighted by Gasteiger charge is -2.18. The summed E-state index contributed by atoms with van der Waals surface area (Å²) in [6.07, 6.45) is 2.47. The van der Waals surface area contributed by atoms with Crippen LogP contribution in [0.5, 0.6) is 5.75 Å². The normalized spacial score (nSPS) is 11.6. The lowest BCUT2D eigenvalue weighted by atomic mass is 10.1. The first kappa shape index (κ1) is 17.2. The predicted molar refractivity (Wildman–Crippen MR) is 81.9 cm³/mol. The van der Waals surface area contributed by atoms with Crippen molar-refractivity contribution in [3.05, 3.63) is 23.8 Å². The van der Waals surface area contributed by atoms with Crippen LogP contribution in [0.15, 0.2) is 18.2 Å². The van der Waals surface area contributed by atoms with Gasteiger partial charge >= 0.3 is 11.9 Å². The summed E-state index contributed by atoms with van der Waals surface area (Å²) in [5.41, 5.74) is 0.570. The molecule has 0 bridgehead atoms. The molecule has 1 aromatic rings. The molecule has 1 atom stereocenters. The van der Waals surface area contributed by atoms with E-state index in [0.29, 0.717) is 6.42 Å². The third-order valence-electron chi connectivity index (χ3n) is 2.84. The number of nitrogens with one attached hydrogen (secondary N) is 1. The Labute approximate surface area is 127 Å². The van der Waals surface area contributed by atoms with E-state index in [1.54, 1.807) is 11.8 Å². The molecule has 1 aromatic carbocycles. The number of hydrogen-bond acceptors (Lipinski definition) is 7. The monoisotopic (exact) mass is 313 g/mol. The van der Waals surface area contributed by atoms with Crippen molar-refractivity contribution in [2.45, 2.75) is 12.5 Å². The van der Waals surface area contributed by atoms with Crippen LogP contribution in [0.4, 0.5) is 5.69 Å². The summed E-state index contributed by atoms with van der Waals surface area (Å²) in [5, 5.41) is 12.8. The molecule has 6 nitrogen and oxygen atoms in total. The van der Waals surface area contributed by atoms with E-state index < -0.39 is 18.0 Å². The highest BCUT2D eigenvalue weighted by atomic mass is 32.2. The van der Waals surface area contributed by atoms with Gasteiger partial charge in [-0.2, -0.15) is 11.8 Å². The number of carbonyl (C=O) groups excluding carboxylic acids is 2. The maximum Gasteiger partial charge on any atom is 0.337 e. The van der Waals surface area contributed by atoms with Gasteiger partial charge in [0.1, 0.15) is 11.8 Å². The van der Waals surface area contributed by atoms with Crippen LogP contribution in [0.3, 0.4) is 0 Å². The third-order valence-corrected chi connectivity index (χ3v) is 3.49. The van der Waals surface area contributed by atoms with Crippen LogP contribution in [0.1, 0.15) is 16.8 Å². The van der Waals surface area contributed by atoms with Crippen molar-refractivity contribution in [3.8, 4) is 5.75 Å². The van der Waals surface area contributed by atoms with Gasteiger partial charge in [-0.05, 0) is 36.6 Å². The van der Waals surface area contributed by atoms with Crippen molar-refractivity contribution in [1.82, 2.24) is 0 Å². The number of benzene rings is 1. The van der Waals surface area contributed by atoms with Gasteiger partial charge in [0.2, 0.25) is 0 Å². The first-order valence-electron chi connectivity index (χ1n) is 6.28. The van der Waals surface area contributed by atoms with E-state index in [-0.39, 0.29) is 17.0 Å². The topological polar surface area (TPSA) is 84.9 Å². The van der Waals surface area contributed by atoms with Crippen molar-refractivity contribution in [3.63, 3.8) is 0 Å². The van der Waals surface area contributed by atoms with Gasteiger partial charge < -0.3 is 19.9 Å². The number of aromatic hydroxyl groups is 1. The Hall–Kier alpha value is -1.89. The maximum absolute atomic E-state index is 11.7. The average molecular weight is 313 g/mol. The number of ether oxygens (including phenoxy) is 2. The summed E-state index contributed by atoms with van der Waals surface area (Å²) in [6.45, 7) is 0. The van der Waals surface area contributed by atoms with Crippen LogP contribution < -0.4 is 5.32 Å². The molecule has 2 N–H and O–H groups in total. The van der Waals surface area contributed by atoms with Gasteiger partial charge in [-0.25, -0.2) is 9.59 Å². The standard InChI is InChI=1S/C14H19NO5S/c1-19-13(17)9-4-5-12(16)11(8-9)15-10(6-7-21-3)14(18)20-2/h4-5,8,10,15-16H,6-7H2,1-3H3/t10-/m0/s1. The fourth-order valence-corrected chi connectivity index (χ4v) is 2.18. The van der Waals surface area contributed by atoms with Gasteiger partial charge in [0, 0.05) is 0 Å². The highest BCUT2D eigenvalue weighted by molar-refractivity contribution is 7.98. The van der Waals surface area contributed by atoms with E-state index in [0.717, 1.165) is 5.75 Å². The lowest BCUT2D eigenvalue weighted by Crippen LogP contribution is -2.31. The number of phenolic OH excluding ortho intramolecular Hbond substituents is 1. The van der Waals surface area contributed by atoms with Gasteiger partial charge in [-0.3, -0.25) is 0 Å². The Kier molecular flexibility index (Phi) is 6.87. The van der Waals surface area contributed by atoms with E-state index in [4.69, 9.17) is 4.74 Å². The molecule has 0 unspecified atom stereocenters. The zero-order valence-corrected chi connectivity index (χ0v) is 13.0. The Morgan fingerprint density at radius 2 is 2.05 bits per heavy atom. The fourth-order valence-electron chi connectivity index (χ4n) is 1.71. The van der Waals surface area contributed by atoms with Crippen LogP contribution in [-0.2, 0) is 14.3 Å². The van der Waals surface area contributed by atoms with Gasteiger partial charge in [-0.15, -0.1) is 0 Å². The van der Waals surface area contributed by atoms with Gasteiger partial charge in [0.25, 0.3) is 0 Å². The SMILES string of the molecule is COC(=O)c1ccc(O)c(N[C@@H](CCSC)C(=O)OC)c1. The van der Waals surface area contributed by atoms with Crippen LogP contribution in [-0.4, -0.2) is 49.3 Å². The van der Waals surface area contributed by atoms with Crippen LogP contribution in [0.25, 0.3) is 0 Å². The molecule has 0 saturated heterocycles. The minimum absolute atomic E-state index is 0.0549. The Morgan fingerprint density at radius 3 is 2.62 bits per heavy atom. The summed E-state index contributed by atoms with van der Waals surface area (Å²) in [5.74, 6) is -0.242. The molecule has 0 saturated carbocycles. The molecule has 116 valence electrons. The number of anilines is 1. The smallest absolute Gasteiger partial charge is 0.337 e. The second-order valence-electron chi connectivity index (χ2n) is 4.23. The zero-order chi connectivity index (χ0) is 15.8. The number of methoxy groups -OCH3 is 2. The van der Waals surface area contributed by atoms with Crippen LogP contribution in [0.2, 0.25) is 0 Å². The maximum atomic E-state index is 11.7. The Balaban J connectivity index is 2.96. The summed E-state index contributed by atoms with van der Waals surface area (Å²) in [4.78, 5) is 23.2. The minimum Gasteiger partial charge on any atom is -0.506 e. The number of rotatable bonds is 7. The number of esters is 2. The largest absolute Gasteiger partial charge is 0.506 e. The molecule has 0 aliphatic carbocycles. The van der Waals surface area contributed by atoms with Crippen molar-refractivity contribution in [1.29, 1.82) is 0 Å². The van der Waals surface area contributed by atoms with Crippen LogP contribution in [0, 0.1) is 0 Å². The Morgan fingerprint density at radius 1 is 1.33 bits per heavy atom. The summed E-state index contributed by atoms with van der Waals surface area (Å²) >= 11 is 1.60. The van der Waals surface area contributed by atoms with E-state index >= 15 is 0 Å². The van der Waals surface area contributed by atoms with E-state index in [2.05, 4.69) is 10.1 Å². The average Bonchev–Trinajstić information content (AvgIpc) is 2.51. The number of phenols is 1. The first-order valence-corrected chi connectivity index (χ1v) is 7.67. The summed E-state index contributed by atoms with van der Waals surface area (Å²) in [7, 11) is 2.58. The minimum atomic E-state index is -0.596. The molecule has 0 aliphatic heterocycles. The third kappa shape index (κ3) is 4.86. The quantitative estimate of drug-likeness (QED) is 0.587. The van der Waals surface area contributed by atoms with Crippen molar-refractivity contribution in [2.75, 3.05) is 31.5 Å². The molecule has 7 heteroatoms. The summed E-state index contributed by atoms with van der Waals surface area (Å²) < 4.78 is 9.36. The molecule has 0 amide bonds. The molecule has 0 spiro atoms. The highest BCUT2D eigenvalue weighted by Gasteiger charge is 2.20. The second kappa shape index (κ2) is 8.41. The molecule has 0 heterocycles. The molecule has 21 heavy (non-hydrogen) atoms. The van der Waals surface area contributed by atoms with Crippen molar-refractivity contribution < 1.29 is 24.2 Å². The number of hydrogen-bond donors (Lipinski definition) is 2. The number of carbonyl (C=O) groups is 2. The van der Waals surface area contributed by atoms with Crippen molar-refractivity contribution >= 4 is 29.4 Å². The Bertz CT molecular complexity index is 506. The molecule has 0 fully saturated rings. The van der Waals surface area contributed by atoms with E-state index in [1.165, 1.54) is 32.4 Å². The number of thioether (sulfide) groups is 1. The molecular formula is C14H19NO5S. The molecule has 0 radical (unpaired) electrons. The van der Waals surface area contributed by atoms with E-state index in [1.807, 2.05) is 6.26 Å². The second-order valence-corrected chi connectivity index (χ2v) is 5.21. The molecule has 1 rings (SSSR count). The zero-order valence-electron chi connectivity index (χ0n) is 12.2. The molecule has 0 aliphatic rings. The molecular weight excluding hydrogens is 294 g/mol. The van der Waals surface area contributed by atoms with E-state index in [9.17, 15) is 14.7 Å². The first-order chi connectivity index (χ1) is 10.0. The summed E-state index contributed by atoms with van der Waals surface area (Å²) in [6, 6.07) is 3.66. The molecule has 0 aromatic heterocycles. The fraction of sp³-hybridized carbons (Fsp3) is 0.429. The highest BCUT2D eigenvalue weighted by Crippen LogP contribution is 2.26. The predicted octanol–water partition coefficient (Wildman–Crippen LogP) is 1.89. The van der Waals surface area contributed by atoms with Gasteiger partial charge in [-0.1, -0.05) is 0 Å². The van der Waals surface area contributed by atoms with Gasteiger partial charge in [0.15, 0.2) is 0 Å². The van der Waals surface area contributed by atoms with Crippen molar-refractivity contribution in [2.24, 2.45) is 0 Å². The van der Waals surface area contributed by atoms with Crippen LogP contribution >= 0.6 is 11.8 Å². The van der Waals surface area contributed by atoms with Gasteiger partial charge in [0.05, 0.1) is 25.5 Å². The lowest BCUT2D eigenvalue weighted by molar-refractivity contribution is -0.141.